The molecule has 0 unspecified atom stereocenters. The summed E-state index contributed by atoms with van der Waals surface area (Å²) in [5.41, 5.74) is 2.08. The molecule has 132 valence electrons. The van der Waals surface area contributed by atoms with Crippen LogP contribution in [-0.2, 0) is 13.1 Å². The molecule has 8 nitrogen and oxygen atoms in total. The lowest BCUT2D eigenvalue weighted by molar-refractivity contribution is 0.249. The molecule has 4 rings (SSSR count). The number of anilines is 1. The first-order valence-corrected chi connectivity index (χ1v) is 8.75. The van der Waals surface area contributed by atoms with Crippen LogP contribution in [0.15, 0.2) is 37.1 Å². The summed E-state index contributed by atoms with van der Waals surface area (Å²) in [5, 5.41) is 14.1. The van der Waals surface area contributed by atoms with E-state index < -0.39 is 0 Å². The van der Waals surface area contributed by atoms with Crippen LogP contribution in [0.2, 0.25) is 0 Å². The molecule has 3 aromatic heterocycles. The molecule has 26 heavy (non-hydrogen) atoms. The highest BCUT2D eigenvalue weighted by Crippen LogP contribution is 2.24. The monoisotopic (exact) mass is 348 g/mol. The Balaban J connectivity index is 1.46. The number of piperazine rings is 1. The van der Waals surface area contributed by atoms with Crippen LogP contribution in [0.25, 0.3) is 11.0 Å². The van der Waals surface area contributed by atoms with Gasteiger partial charge in [-0.05, 0) is 17.7 Å². The number of hydrogen-bond donors (Lipinski definition) is 0. The summed E-state index contributed by atoms with van der Waals surface area (Å²) < 4.78 is 1.78. The Hall–Kier alpha value is -3.05. The number of fused-ring (bicyclic) bond motifs is 1. The van der Waals surface area contributed by atoms with Crippen LogP contribution in [0.1, 0.15) is 12.0 Å². The van der Waals surface area contributed by atoms with Crippen LogP contribution in [0.3, 0.4) is 0 Å². The molecule has 1 saturated heterocycles. The van der Waals surface area contributed by atoms with E-state index in [-0.39, 0.29) is 0 Å². The molecule has 8 heteroatoms. The Kier molecular flexibility index (Phi) is 4.71. The third kappa shape index (κ3) is 3.34. The zero-order valence-corrected chi connectivity index (χ0v) is 14.5. The first kappa shape index (κ1) is 16.4. The largest absolute Gasteiger partial charge is 0.353 e. The van der Waals surface area contributed by atoms with E-state index in [1.807, 2.05) is 18.6 Å². The van der Waals surface area contributed by atoms with E-state index in [0.717, 1.165) is 49.6 Å². The van der Waals surface area contributed by atoms with Gasteiger partial charge in [0.1, 0.15) is 12.1 Å². The molecule has 0 bridgehead atoms. The fourth-order valence-electron chi connectivity index (χ4n) is 3.32. The molecule has 3 aromatic rings. The number of aryl methyl sites for hydroxylation is 1. The first-order chi connectivity index (χ1) is 12.8. The lowest BCUT2D eigenvalue weighted by atomic mass is 10.2. The van der Waals surface area contributed by atoms with Gasteiger partial charge in [0.15, 0.2) is 5.65 Å². The minimum atomic E-state index is 0.420. The molecule has 0 saturated carbocycles. The Bertz CT molecular complexity index is 906. The van der Waals surface area contributed by atoms with Crippen molar-refractivity contribution in [1.82, 2.24) is 29.6 Å². The van der Waals surface area contributed by atoms with Crippen LogP contribution >= 0.6 is 0 Å². The molecule has 1 fully saturated rings. The lowest BCUT2D eigenvalue weighted by Gasteiger charge is -2.35. The van der Waals surface area contributed by atoms with Crippen molar-refractivity contribution in [2.24, 2.45) is 0 Å². The fraction of sp³-hybridized carbons (Fsp3) is 0.389. The van der Waals surface area contributed by atoms with Gasteiger partial charge in [0.2, 0.25) is 0 Å². The van der Waals surface area contributed by atoms with Crippen LogP contribution in [0.4, 0.5) is 5.82 Å². The highest BCUT2D eigenvalue weighted by Gasteiger charge is 2.21. The first-order valence-electron chi connectivity index (χ1n) is 8.75. The third-order valence-electron chi connectivity index (χ3n) is 4.68. The lowest BCUT2D eigenvalue weighted by Crippen LogP contribution is -2.46. The molecule has 0 N–H and O–H groups in total. The minimum absolute atomic E-state index is 0.420. The zero-order chi connectivity index (χ0) is 17.8. The Labute approximate surface area is 151 Å². The van der Waals surface area contributed by atoms with Crippen molar-refractivity contribution in [2.75, 3.05) is 31.1 Å². The van der Waals surface area contributed by atoms with Crippen molar-refractivity contribution in [3.8, 4) is 6.07 Å². The van der Waals surface area contributed by atoms with Gasteiger partial charge in [-0.1, -0.05) is 0 Å². The average molecular weight is 348 g/mol. The van der Waals surface area contributed by atoms with Gasteiger partial charge in [-0.15, -0.1) is 0 Å². The van der Waals surface area contributed by atoms with Crippen LogP contribution in [0.5, 0.6) is 0 Å². The zero-order valence-electron chi connectivity index (χ0n) is 14.5. The number of aromatic nitrogens is 5. The standard InChI is InChI=1S/C18H20N8/c19-4-1-7-26-18-16(12-23-26)17(21-14-22-18)25-10-8-24(9-11-25)13-15-2-5-20-6-3-15/h2-3,5-6,12,14H,1,7-11,13H2. The van der Waals surface area contributed by atoms with Crippen molar-refractivity contribution in [1.29, 1.82) is 5.26 Å². The molecular formula is C18H20N8. The van der Waals surface area contributed by atoms with Crippen LogP contribution < -0.4 is 4.90 Å². The van der Waals surface area contributed by atoms with E-state index in [4.69, 9.17) is 5.26 Å². The summed E-state index contributed by atoms with van der Waals surface area (Å²) in [6.45, 7) is 5.30. The van der Waals surface area contributed by atoms with Gasteiger partial charge in [0.05, 0.1) is 30.6 Å². The molecule has 0 radical (unpaired) electrons. The molecule has 4 heterocycles. The Morgan fingerprint density at radius 2 is 1.88 bits per heavy atom. The molecule has 0 amide bonds. The molecule has 0 aliphatic carbocycles. The van der Waals surface area contributed by atoms with Crippen molar-refractivity contribution >= 4 is 16.9 Å². The molecule has 0 atom stereocenters. The maximum Gasteiger partial charge on any atom is 0.163 e. The molecule has 1 aliphatic rings. The van der Waals surface area contributed by atoms with E-state index in [9.17, 15) is 0 Å². The van der Waals surface area contributed by atoms with Gasteiger partial charge in [0, 0.05) is 45.1 Å². The van der Waals surface area contributed by atoms with Crippen molar-refractivity contribution in [3.05, 3.63) is 42.6 Å². The predicted octanol–water partition coefficient (Wildman–Crippen LogP) is 1.46. The van der Waals surface area contributed by atoms with Gasteiger partial charge < -0.3 is 4.90 Å². The van der Waals surface area contributed by atoms with Crippen LogP contribution in [-0.4, -0.2) is 55.8 Å². The highest BCUT2D eigenvalue weighted by atomic mass is 15.3. The summed E-state index contributed by atoms with van der Waals surface area (Å²) in [4.78, 5) is 17.7. The van der Waals surface area contributed by atoms with E-state index in [2.05, 4.69) is 48.1 Å². The summed E-state index contributed by atoms with van der Waals surface area (Å²) in [6.07, 6.45) is 7.50. The summed E-state index contributed by atoms with van der Waals surface area (Å²) in [5.74, 6) is 0.932. The van der Waals surface area contributed by atoms with Gasteiger partial charge >= 0.3 is 0 Å². The third-order valence-corrected chi connectivity index (χ3v) is 4.68. The number of hydrogen-bond acceptors (Lipinski definition) is 7. The second kappa shape index (κ2) is 7.45. The molecular weight excluding hydrogens is 328 g/mol. The van der Waals surface area contributed by atoms with Gasteiger partial charge in [-0.2, -0.15) is 10.4 Å². The van der Waals surface area contributed by atoms with E-state index in [1.165, 1.54) is 5.56 Å². The SMILES string of the molecule is N#CCCn1ncc2c(N3CCN(Cc4ccncc4)CC3)ncnc21. The molecule has 1 aliphatic heterocycles. The maximum absolute atomic E-state index is 8.79. The van der Waals surface area contributed by atoms with Crippen molar-refractivity contribution in [3.63, 3.8) is 0 Å². The minimum Gasteiger partial charge on any atom is -0.353 e. The number of rotatable bonds is 5. The second-order valence-electron chi connectivity index (χ2n) is 6.33. The normalized spacial score (nSPS) is 15.3. The van der Waals surface area contributed by atoms with Gasteiger partial charge in [-0.25, -0.2) is 14.6 Å². The summed E-state index contributed by atoms with van der Waals surface area (Å²) in [7, 11) is 0. The van der Waals surface area contributed by atoms with Gasteiger partial charge in [-0.3, -0.25) is 9.88 Å². The molecule has 0 aromatic carbocycles. The Morgan fingerprint density at radius 3 is 2.65 bits per heavy atom. The topological polar surface area (TPSA) is 86.8 Å². The predicted molar refractivity (Wildman–Crippen MR) is 97.3 cm³/mol. The summed E-state index contributed by atoms with van der Waals surface area (Å²) in [6, 6.07) is 6.28. The van der Waals surface area contributed by atoms with Gasteiger partial charge in [0.25, 0.3) is 0 Å². The summed E-state index contributed by atoms with van der Waals surface area (Å²) >= 11 is 0. The average Bonchev–Trinajstić information content (AvgIpc) is 3.11. The Morgan fingerprint density at radius 1 is 1.08 bits per heavy atom. The van der Waals surface area contributed by atoms with E-state index >= 15 is 0 Å². The second-order valence-corrected chi connectivity index (χ2v) is 6.33. The van der Waals surface area contributed by atoms with E-state index in [1.54, 1.807) is 11.0 Å². The number of pyridine rings is 1. The molecule has 0 spiro atoms. The number of nitrogens with zero attached hydrogens (tertiary/aromatic N) is 8. The smallest absolute Gasteiger partial charge is 0.163 e. The fourth-order valence-corrected chi connectivity index (χ4v) is 3.32. The van der Waals surface area contributed by atoms with Crippen molar-refractivity contribution < 1.29 is 0 Å². The van der Waals surface area contributed by atoms with Crippen LogP contribution in [0, 0.1) is 11.3 Å². The highest BCUT2D eigenvalue weighted by molar-refractivity contribution is 5.86. The van der Waals surface area contributed by atoms with E-state index in [0.29, 0.717) is 13.0 Å². The maximum atomic E-state index is 8.79. The quantitative estimate of drug-likeness (QED) is 0.690. The number of nitriles is 1. The van der Waals surface area contributed by atoms with Crippen molar-refractivity contribution in [2.45, 2.75) is 19.5 Å².